The number of benzene rings is 1. The SMILES string of the molecule is O=C(O)CC12CCC(OCCCCCNc3cccc4c3C(=O)N(C3CCC(=O)NC3=O)C4=O)(C1)C2. The third kappa shape index (κ3) is 4.38. The maximum absolute atomic E-state index is 13.1. The minimum Gasteiger partial charge on any atom is -0.481 e. The van der Waals surface area contributed by atoms with Gasteiger partial charge in [0.05, 0.1) is 23.1 Å². The van der Waals surface area contributed by atoms with Crippen LogP contribution in [0.3, 0.4) is 0 Å². The molecule has 2 bridgehead atoms. The van der Waals surface area contributed by atoms with Crippen molar-refractivity contribution in [2.45, 2.75) is 75.9 Å². The molecule has 10 heteroatoms. The number of hydrogen-bond donors (Lipinski definition) is 3. The summed E-state index contributed by atoms with van der Waals surface area (Å²) in [7, 11) is 0. The van der Waals surface area contributed by atoms with Gasteiger partial charge in [-0.3, -0.25) is 34.2 Å². The number of ether oxygens (including phenoxy) is 1. The summed E-state index contributed by atoms with van der Waals surface area (Å²) in [5, 5.41) is 14.5. The highest BCUT2D eigenvalue weighted by atomic mass is 16.5. The molecular formula is C26H31N3O7. The summed E-state index contributed by atoms with van der Waals surface area (Å²) in [6.07, 6.45) is 6.72. The predicted octanol–water partition coefficient (Wildman–Crippen LogP) is 2.47. The standard InChI is InChI=1S/C26H31N3O7/c30-19-8-7-18(22(33)28-19)29-23(34)16-5-4-6-17(21(16)24(29)35)27-11-2-1-3-12-36-26-10-9-25(14-26,15-26)13-20(31)32/h4-6,18,27H,1-3,7-15H2,(H,31,32)(H,28,30,33). The number of piperidine rings is 1. The third-order valence-electron chi connectivity index (χ3n) is 8.04. The second kappa shape index (κ2) is 9.31. The molecule has 2 aliphatic heterocycles. The van der Waals surface area contributed by atoms with Crippen LogP contribution in [-0.2, 0) is 19.1 Å². The normalized spacial score (nSPS) is 28.7. The van der Waals surface area contributed by atoms with E-state index in [-0.39, 0.29) is 41.4 Å². The highest BCUT2D eigenvalue weighted by molar-refractivity contribution is 6.25. The lowest BCUT2D eigenvalue weighted by Gasteiger charge is -2.46. The molecule has 4 amide bonds. The van der Waals surface area contributed by atoms with Crippen molar-refractivity contribution in [3.8, 4) is 0 Å². The zero-order valence-corrected chi connectivity index (χ0v) is 20.1. The molecule has 2 heterocycles. The first-order chi connectivity index (χ1) is 17.2. The Morgan fingerprint density at radius 3 is 2.67 bits per heavy atom. The Kier molecular flexibility index (Phi) is 6.32. The summed E-state index contributed by atoms with van der Waals surface area (Å²) in [6, 6.07) is 4.06. The molecule has 1 unspecified atom stereocenters. The minimum atomic E-state index is -0.979. The molecule has 1 aromatic rings. The van der Waals surface area contributed by atoms with Gasteiger partial charge in [-0.15, -0.1) is 0 Å². The van der Waals surface area contributed by atoms with Gasteiger partial charge < -0.3 is 15.2 Å². The van der Waals surface area contributed by atoms with Crippen molar-refractivity contribution in [3.63, 3.8) is 0 Å². The molecule has 1 saturated heterocycles. The van der Waals surface area contributed by atoms with E-state index in [0.29, 0.717) is 18.8 Å². The monoisotopic (exact) mass is 497 g/mol. The smallest absolute Gasteiger partial charge is 0.303 e. The van der Waals surface area contributed by atoms with E-state index in [1.54, 1.807) is 18.2 Å². The van der Waals surface area contributed by atoms with Crippen LogP contribution in [0.2, 0.25) is 0 Å². The van der Waals surface area contributed by atoms with Crippen molar-refractivity contribution >= 4 is 35.3 Å². The van der Waals surface area contributed by atoms with Crippen LogP contribution in [0.5, 0.6) is 0 Å². The van der Waals surface area contributed by atoms with Crippen molar-refractivity contribution in [1.82, 2.24) is 10.2 Å². The van der Waals surface area contributed by atoms with Gasteiger partial charge in [-0.1, -0.05) is 6.07 Å². The number of imide groups is 2. The topological polar surface area (TPSA) is 142 Å². The van der Waals surface area contributed by atoms with Gasteiger partial charge in [-0.2, -0.15) is 0 Å². The number of anilines is 1. The first kappa shape index (κ1) is 24.4. The van der Waals surface area contributed by atoms with Gasteiger partial charge in [-0.25, -0.2) is 0 Å². The zero-order valence-electron chi connectivity index (χ0n) is 20.1. The molecule has 0 aromatic heterocycles. The fourth-order valence-corrected chi connectivity index (χ4v) is 6.45. The average Bonchev–Trinajstić information content (AvgIpc) is 3.41. The summed E-state index contributed by atoms with van der Waals surface area (Å²) in [5.41, 5.74) is 0.938. The molecule has 0 radical (unpaired) electrons. The maximum atomic E-state index is 13.1. The van der Waals surface area contributed by atoms with Gasteiger partial charge in [0.1, 0.15) is 6.04 Å². The van der Waals surface area contributed by atoms with E-state index in [2.05, 4.69) is 10.6 Å². The molecule has 192 valence electrons. The minimum absolute atomic E-state index is 0.0433. The van der Waals surface area contributed by atoms with E-state index in [4.69, 9.17) is 9.84 Å². The van der Waals surface area contributed by atoms with E-state index < -0.39 is 35.6 Å². The summed E-state index contributed by atoms with van der Waals surface area (Å²) in [4.78, 5) is 61.8. The van der Waals surface area contributed by atoms with E-state index in [9.17, 15) is 24.0 Å². The Hall–Kier alpha value is -3.27. The molecule has 6 rings (SSSR count). The van der Waals surface area contributed by atoms with Crippen molar-refractivity contribution < 1.29 is 33.8 Å². The maximum Gasteiger partial charge on any atom is 0.303 e. The molecule has 0 spiro atoms. The first-order valence-electron chi connectivity index (χ1n) is 12.7. The number of nitrogens with zero attached hydrogens (tertiary/aromatic N) is 1. The molecule has 4 fully saturated rings. The van der Waals surface area contributed by atoms with Crippen LogP contribution in [-0.4, -0.2) is 64.4 Å². The molecule has 1 atom stereocenters. The molecular weight excluding hydrogens is 466 g/mol. The summed E-state index contributed by atoms with van der Waals surface area (Å²) in [5.74, 6) is -2.78. The quantitative estimate of drug-likeness (QED) is 0.313. The van der Waals surface area contributed by atoms with Crippen LogP contribution in [0.25, 0.3) is 0 Å². The number of hydrogen-bond acceptors (Lipinski definition) is 7. The fraction of sp³-hybridized carbons (Fsp3) is 0.577. The van der Waals surface area contributed by atoms with Gasteiger partial charge in [0.25, 0.3) is 11.8 Å². The van der Waals surface area contributed by atoms with Crippen molar-refractivity contribution in [1.29, 1.82) is 0 Å². The number of amides is 4. The van der Waals surface area contributed by atoms with Crippen LogP contribution in [0.1, 0.15) is 84.9 Å². The Labute approximate surface area is 208 Å². The van der Waals surface area contributed by atoms with Crippen molar-refractivity contribution in [3.05, 3.63) is 29.3 Å². The number of nitrogens with one attached hydrogen (secondary N) is 2. The number of carboxylic acids is 1. The molecule has 3 saturated carbocycles. The Balaban J connectivity index is 1.08. The van der Waals surface area contributed by atoms with E-state index in [1.165, 1.54) is 0 Å². The zero-order chi connectivity index (χ0) is 25.5. The first-order valence-corrected chi connectivity index (χ1v) is 12.7. The molecule has 36 heavy (non-hydrogen) atoms. The van der Waals surface area contributed by atoms with Crippen LogP contribution < -0.4 is 10.6 Å². The van der Waals surface area contributed by atoms with Crippen molar-refractivity contribution in [2.75, 3.05) is 18.5 Å². The van der Waals surface area contributed by atoms with E-state index in [1.807, 2.05) is 0 Å². The molecule has 5 aliphatic rings. The lowest BCUT2D eigenvalue weighted by Crippen LogP contribution is -2.54. The number of unbranched alkanes of at least 4 members (excludes halogenated alkanes) is 2. The molecule has 10 nitrogen and oxygen atoms in total. The van der Waals surface area contributed by atoms with Gasteiger partial charge in [0.2, 0.25) is 11.8 Å². The number of carbonyl (C=O) groups excluding carboxylic acids is 4. The lowest BCUT2D eigenvalue weighted by molar-refractivity contribution is -0.151. The largest absolute Gasteiger partial charge is 0.481 e. The number of fused-ring (bicyclic) bond motifs is 2. The second-order valence-electron chi connectivity index (χ2n) is 10.6. The van der Waals surface area contributed by atoms with E-state index in [0.717, 1.165) is 49.8 Å². The number of rotatable bonds is 11. The molecule has 1 aromatic carbocycles. The van der Waals surface area contributed by atoms with Crippen LogP contribution in [0.4, 0.5) is 5.69 Å². The lowest BCUT2D eigenvalue weighted by atomic mass is 9.65. The summed E-state index contributed by atoms with van der Waals surface area (Å²) < 4.78 is 6.14. The van der Waals surface area contributed by atoms with Crippen LogP contribution in [0, 0.1) is 5.41 Å². The number of aliphatic carboxylic acids is 1. The average molecular weight is 498 g/mol. The van der Waals surface area contributed by atoms with Gasteiger partial charge in [0.15, 0.2) is 0 Å². The van der Waals surface area contributed by atoms with Gasteiger partial charge >= 0.3 is 5.97 Å². The molecule has 3 N–H and O–H groups in total. The van der Waals surface area contributed by atoms with Gasteiger partial charge in [0, 0.05) is 25.3 Å². The summed E-state index contributed by atoms with van der Waals surface area (Å²) >= 11 is 0. The highest BCUT2D eigenvalue weighted by Gasteiger charge is 2.62. The predicted molar refractivity (Wildman–Crippen MR) is 127 cm³/mol. The van der Waals surface area contributed by atoms with Crippen LogP contribution in [0.15, 0.2) is 18.2 Å². The van der Waals surface area contributed by atoms with Crippen molar-refractivity contribution in [2.24, 2.45) is 5.41 Å². The highest BCUT2D eigenvalue weighted by Crippen LogP contribution is 2.64. The second-order valence-corrected chi connectivity index (χ2v) is 10.6. The fourth-order valence-electron chi connectivity index (χ4n) is 6.45. The van der Waals surface area contributed by atoms with Crippen LogP contribution >= 0.6 is 0 Å². The third-order valence-corrected chi connectivity index (χ3v) is 8.04. The number of carboxylic acid groups (broad SMARTS) is 1. The Bertz CT molecular complexity index is 1120. The van der Waals surface area contributed by atoms with Gasteiger partial charge in [-0.05, 0) is 68.9 Å². The Morgan fingerprint density at radius 1 is 1.11 bits per heavy atom. The molecule has 3 aliphatic carbocycles. The number of carbonyl (C=O) groups is 5. The summed E-state index contributed by atoms with van der Waals surface area (Å²) in [6.45, 7) is 1.26. The van der Waals surface area contributed by atoms with E-state index >= 15 is 0 Å². The Morgan fingerprint density at radius 2 is 1.92 bits per heavy atom.